The van der Waals surface area contributed by atoms with Crippen LogP contribution in [0, 0.1) is 11.8 Å². The number of likely N-dealkylation sites (N-methyl/N-ethyl adjacent to an activating group) is 1. The zero-order valence-corrected chi connectivity index (χ0v) is 13.2. The number of nitrogens with one attached hydrogen (secondary N) is 1. The quantitative estimate of drug-likeness (QED) is 0.748. The van der Waals surface area contributed by atoms with Crippen LogP contribution in [0.25, 0.3) is 0 Å². The van der Waals surface area contributed by atoms with E-state index < -0.39 is 0 Å². The largest absolute Gasteiger partial charge is 0.310 e. The van der Waals surface area contributed by atoms with Gasteiger partial charge in [-0.25, -0.2) is 0 Å². The molecule has 108 valence electrons. The van der Waals surface area contributed by atoms with Gasteiger partial charge in [-0.3, -0.25) is 0 Å². The summed E-state index contributed by atoms with van der Waals surface area (Å²) in [6, 6.07) is 1.44. The summed E-state index contributed by atoms with van der Waals surface area (Å²) in [4.78, 5) is 2.32. The van der Waals surface area contributed by atoms with Crippen molar-refractivity contribution in [1.29, 1.82) is 0 Å². The summed E-state index contributed by atoms with van der Waals surface area (Å²) in [5, 5.41) is 3.94. The molecule has 18 heavy (non-hydrogen) atoms. The van der Waals surface area contributed by atoms with E-state index >= 15 is 0 Å². The van der Waals surface area contributed by atoms with E-state index in [1.54, 1.807) is 0 Å². The molecule has 0 aliphatic heterocycles. The van der Waals surface area contributed by atoms with Gasteiger partial charge in [0.1, 0.15) is 0 Å². The molecule has 2 nitrogen and oxygen atoms in total. The van der Waals surface area contributed by atoms with Crippen LogP contribution in [0.4, 0.5) is 0 Å². The fraction of sp³-hybridized carbons (Fsp3) is 1.00. The van der Waals surface area contributed by atoms with Crippen LogP contribution < -0.4 is 5.32 Å². The minimum Gasteiger partial charge on any atom is -0.310 e. The summed E-state index contributed by atoms with van der Waals surface area (Å²) in [5.74, 6) is 1.75. The van der Waals surface area contributed by atoms with Gasteiger partial charge in [0.05, 0.1) is 0 Å². The third-order valence-corrected chi connectivity index (χ3v) is 4.17. The Bertz CT molecular complexity index is 203. The molecule has 2 heteroatoms. The lowest BCUT2D eigenvalue weighted by Gasteiger charge is -2.34. The summed E-state index contributed by atoms with van der Waals surface area (Å²) in [6.45, 7) is 8.18. The second-order valence-electron chi connectivity index (χ2n) is 6.89. The first-order valence-electron chi connectivity index (χ1n) is 7.92. The van der Waals surface area contributed by atoms with Gasteiger partial charge in [-0.05, 0) is 45.2 Å². The Kier molecular flexibility index (Phi) is 7.25. The molecule has 0 saturated heterocycles. The van der Waals surface area contributed by atoms with Crippen molar-refractivity contribution in [2.75, 3.05) is 20.6 Å². The second kappa shape index (κ2) is 8.16. The van der Waals surface area contributed by atoms with Crippen LogP contribution in [0.2, 0.25) is 0 Å². The first-order chi connectivity index (χ1) is 8.51. The average Bonchev–Trinajstić information content (AvgIpc) is 2.27. The molecule has 0 radical (unpaired) electrons. The Balaban J connectivity index is 2.43. The van der Waals surface area contributed by atoms with E-state index in [2.05, 4.69) is 45.1 Å². The summed E-state index contributed by atoms with van der Waals surface area (Å²) >= 11 is 0. The van der Waals surface area contributed by atoms with Gasteiger partial charge in [-0.15, -0.1) is 0 Å². The highest BCUT2D eigenvalue weighted by Gasteiger charge is 2.23. The fourth-order valence-electron chi connectivity index (χ4n) is 3.35. The van der Waals surface area contributed by atoms with Gasteiger partial charge < -0.3 is 10.2 Å². The van der Waals surface area contributed by atoms with Crippen molar-refractivity contribution < 1.29 is 0 Å². The average molecular weight is 254 g/mol. The summed E-state index contributed by atoms with van der Waals surface area (Å²) in [6.07, 6.45) is 8.33. The van der Waals surface area contributed by atoms with Crippen LogP contribution in [0.15, 0.2) is 0 Å². The van der Waals surface area contributed by atoms with Gasteiger partial charge >= 0.3 is 0 Å². The molecule has 0 amide bonds. The number of rotatable bonds is 7. The number of hydrogen-bond acceptors (Lipinski definition) is 2. The Hall–Kier alpha value is -0.0800. The van der Waals surface area contributed by atoms with Crippen molar-refractivity contribution in [3.05, 3.63) is 0 Å². The van der Waals surface area contributed by atoms with Gasteiger partial charge in [-0.2, -0.15) is 0 Å². The molecule has 0 spiro atoms. The normalized spacial score (nSPS) is 26.8. The molecule has 3 unspecified atom stereocenters. The Morgan fingerprint density at radius 1 is 1.22 bits per heavy atom. The molecule has 1 N–H and O–H groups in total. The van der Waals surface area contributed by atoms with E-state index in [9.17, 15) is 0 Å². The Morgan fingerprint density at radius 2 is 1.94 bits per heavy atom. The fourth-order valence-corrected chi connectivity index (χ4v) is 3.35. The molecule has 0 aromatic rings. The van der Waals surface area contributed by atoms with Crippen molar-refractivity contribution in [2.24, 2.45) is 11.8 Å². The molecule has 1 saturated carbocycles. The van der Waals surface area contributed by atoms with Crippen LogP contribution in [-0.4, -0.2) is 37.6 Å². The monoisotopic (exact) mass is 254 g/mol. The first kappa shape index (κ1) is 16.0. The molecule has 0 heterocycles. The van der Waals surface area contributed by atoms with E-state index in [1.807, 2.05) is 0 Å². The number of nitrogens with zero attached hydrogens (tertiary/aromatic N) is 1. The highest BCUT2D eigenvalue weighted by atomic mass is 15.1. The maximum Gasteiger partial charge on any atom is 0.0199 e. The zero-order chi connectivity index (χ0) is 13.5. The molecular weight excluding hydrogens is 220 g/mol. The topological polar surface area (TPSA) is 15.3 Å². The van der Waals surface area contributed by atoms with E-state index in [0.717, 1.165) is 17.9 Å². The molecule has 0 bridgehead atoms. The van der Waals surface area contributed by atoms with Crippen molar-refractivity contribution in [3.8, 4) is 0 Å². The van der Waals surface area contributed by atoms with E-state index in [4.69, 9.17) is 0 Å². The lowest BCUT2D eigenvalue weighted by molar-refractivity contribution is 0.227. The van der Waals surface area contributed by atoms with Gasteiger partial charge in [0, 0.05) is 18.6 Å². The molecule has 0 aromatic heterocycles. The smallest absolute Gasteiger partial charge is 0.0199 e. The molecule has 1 aliphatic rings. The van der Waals surface area contributed by atoms with Crippen LogP contribution in [-0.2, 0) is 0 Å². The molecule has 1 rings (SSSR count). The minimum atomic E-state index is 0.667. The standard InChI is InChI=1S/C16H34N2/c1-6-14-8-7-9-15(11-14)17-16(10-13(2)3)12-18(4)5/h13-17H,6-12H2,1-5H3. The SMILES string of the molecule is CCC1CCCC(NC(CC(C)C)CN(C)C)C1. The van der Waals surface area contributed by atoms with Gasteiger partial charge in [0.25, 0.3) is 0 Å². The number of hydrogen-bond donors (Lipinski definition) is 1. The van der Waals surface area contributed by atoms with E-state index in [0.29, 0.717) is 6.04 Å². The van der Waals surface area contributed by atoms with Crippen LogP contribution >= 0.6 is 0 Å². The molecule has 1 fully saturated rings. The summed E-state index contributed by atoms with van der Waals surface area (Å²) in [7, 11) is 4.37. The Labute approximate surface area is 115 Å². The highest BCUT2D eigenvalue weighted by Crippen LogP contribution is 2.27. The molecule has 1 aliphatic carbocycles. The summed E-state index contributed by atoms with van der Waals surface area (Å²) < 4.78 is 0. The van der Waals surface area contributed by atoms with Crippen molar-refractivity contribution in [1.82, 2.24) is 10.2 Å². The van der Waals surface area contributed by atoms with Crippen molar-refractivity contribution in [3.63, 3.8) is 0 Å². The van der Waals surface area contributed by atoms with E-state index in [-0.39, 0.29) is 0 Å². The first-order valence-corrected chi connectivity index (χ1v) is 7.92. The molecule has 0 aromatic carbocycles. The third-order valence-electron chi connectivity index (χ3n) is 4.17. The maximum absolute atomic E-state index is 3.94. The second-order valence-corrected chi connectivity index (χ2v) is 6.89. The highest BCUT2D eigenvalue weighted by molar-refractivity contribution is 4.82. The molecular formula is C16H34N2. The van der Waals surface area contributed by atoms with Gasteiger partial charge in [0.2, 0.25) is 0 Å². The van der Waals surface area contributed by atoms with Crippen LogP contribution in [0.5, 0.6) is 0 Å². The minimum absolute atomic E-state index is 0.667. The molecule has 3 atom stereocenters. The van der Waals surface area contributed by atoms with Crippen LogP contribution in [0.1, 0.15) is 59.3 Å². The lowest BCUT2D eigenvalue weighted by atomic mass is 9.83. The van der Waals surface area contributed by atoms with Crippen molar-refractivity contribution >= 4 is 0 Å². The van der Waals surface area contributed by atoms with Crippen LogP contribution in [0.3, 0.4) is 0 Å². The predicted molar refractivity (Wildman–Crippen MR) is 81.0 cm³/mol. The summed E-state index contributed by atoms with van der Waals surface area (Å²) in [5.41, 5.74) is 0. The van der Waals surface area contributed by atoms with E-state index in [1.165, 1.54) is 45.1 Å². The lowest BCUT2D eigenvalue weighted by Crippen LogP contribution is -2.46. The van der Waals surface area contributed by atoms with Crippen molar-refractivity contribution in [2.45, 2.75) is 71.4 Å². The maximum atomic E-state index is 3.94. The Morgan fingerprint density at radius 3 is 2.50 bits per heavy atom. The van der Waals surface area contributed by atoms with Gasteiger partial charge in [0.15, 0.2) is 0 Å². The van der Waals surface area contributed by atoms with Gasteiger partial charge in [-0.1, -0.05) is 40.0 Å². The zero-order valence-electron chi connectivity index (χ0n) is 13.2. The third kappa shape index (κ3) is 6.19. The predicted octanol–water partition coefficient (Wildman–Crippen LogP) is 3.52.